The van der Waals surface area contributed by atoms with Crippen LogP contribution in [0.15, 0.2) is 42.7 Å². The Bertz CT molecular complexity index is 729. The molecule has 2 aromatic rings. The number of amides is 2. The summed E-state index contributed by atoms with van der Waals surface area (Å²) in [5, 5.41) is 16.3. The molecule has 2 amide bonds. The Kier molecular flexibility index (Phi) is 5.33. The number of likely N-dealkylation sites (tertiary alicyclic amines) is 1. The molecule has 0 bridgehead atoms. The van der Waals surface area contributed by atoms with E-state index in [9.17, 15) is 9.59 Å². The smallest absolute Gasteiger partial charge is 0.317 e. The number of carboxylic acid groups (broad SMARTS) is 1. The average molecular weight is 342 g/mol. The average Bonchev–Trinajstić information content (AvgIpc) is 3.11. The van der Waals surface area contributed by atoms with Gasteiger partial charge < -0.3 is 15.3 Å². The van der Waals surface area contributed by atoms with Crippen LogP contribution in [0.2, 0.25) is 0 Å². The lowest BCUT2D eigenvalue weighted by molar-refractivity contribution is -0.143. The van der Waals surface area contributed by atoms with Gasteiger partial charge in [-0.2, -0.15) is 5.10 Å². The van der Waals surface area contributed by atoms with Crippen LogP contribution in [0.3, 0.4) is 0 Å². The molecule has 1 unspecified atom stereocenters. The van der Waals surface area contributed by atoms with E-state index in [2.05, 4.69) is 10.4 Å². The highest BCUT2D eigenvalue weighted by Gasteiger charge is 2.27. The molecule has 1 atom stereocenters. The summed E-state index contributed by atoms with van der Waals surface area (Å²) in [4.78, 5) is 24.9. The van der Waals surface area contributed by atoms with Crippen LogP contribution in [0, 0.1) is 5.92 Å². The quantitative estimate of drug-likeness (QED) is 0.869. The number of nitrogens with one attached hydrogen (secondary N) is 1. The van der Waals surface area contributed by atoms with Crippen LogP contribution in [0.4, 0.5) is 4.79 Å². The molecule has 25 heavy (non-hydrogen) atoms. The first kappa shape index (κ1) is 17.0. The van der Waals surface area contributed by atoms with E-state index in [1.807, 2.05) is 36.5 Å². The van der Waals surface area contributed by atoms with Crippen LogP contribution in [-0.4, -0.2) is 51.4 Å². The Morgan fingerprint density at radius 2 is 2.08 bits per heavy atom. The molecule has 1 fully saturated rings. The van der Waals surface area contributed by atoms with E-state index in [0.29, 0.717) is 25.9 Å². The third-order valence-electron chi connectivity index (χ3n) is 4.40. The predicted molar refractivity (Wildman–Crippen MR) is 92.6 cm³/mol. The van der Waals surface area contributed by atoms with Gasteiger partial charge >= 0.3 is 12.0 Å². The number of rotatable bonds is 5. The first-order valence-corrected chi connectivity index (χ1v) is 8.48. The molecule has 0 spiro atoms. The molecule has 1 aliphatic heterocycles. The number of carbonyl (C=O) groups excluding carboxylic acids is 1. The van der Waals surface area contributed by atoms with Gasteiger partial charge in [-0.25, -0.2) is 9.48 Å². The fourth-order valence-electron chi connectivity index (χ4n) is 3.00. The maximum absolute atomic E-state index is 12.2. The number of carboxylic acids is 1. The molecule has 2 N–H and O–H groups in total. The standard InChI is InChI=1S/C18H22N4O3/c23-17(24)15-5-4-10-21(13-15)18(25)19-9-8-14-11-20-22(12-14)16-6-2-1-3-7-16/h1-3,6-7,11-12,15H,4-5,8-10,13H2,(H,19,25)(H,23,24). The second-order valence-electron chi connectivity index (χ2n) is 6.23. The van der Waals surface area contributed by atoms with Crippen molar-refractivity contribution in [3.63, 3.8) is 0 Å². The fourth-order valence-corrected chi connectivity index (χ4v) is 3.00. The number of piperidine rings is 1. The zero-order valence-corrected chi connectivity index (χ0v) is 14.0. The molecule has 0 aliphatic carbocycles. The summed E-state index contributed by atoms with van der Waals surface area (Å²) >= 11 is 0. The largest absolute Gasteiger partial charge is 0.481 e. The fraction of sp³-hybridized carbons (Fsp3) is 0.389. The predicted octanol–water partition coefficient (Wildman–Crippen LogP) is 1.92. The SMILES string of the molecule is O=C(O)C1CCCN(C(=O)NCCc2cnn(-c3ccccc3)c2)C1. The van der Waals surface area contributed by atoms with Crippen molar-refractivity contribution >= 4 is 12.0 Å². The summed E-state index contributed by atoms with van der Waals surface area (Å²) in [6.07, 6.45) is 5.78. The molecule has 132 valence electrons. The molecule has 3 rings (SSSR count). The third-order valence-corrected chi connectivity index (χ3v) is 4.40. The van der Waals surface area contributed by atoms with Crippen molar-refractivity contribution in [1.82, 2.24) is 20.0 Å². The first-order valence-electron chi connectivity index (χ1n) is 8.48. The number of carbonyl (C=O) groups is 2. The normalized spacial score (nSPS) is 17.3. The van der Waals surface area contributed by atoms with Crippen LogP contribution in [0.25, 0.3) is 5.69 Å². The number of urea groups is 1. The zero-order valence-electron chi connectivity index (χ0n) is 14.0. The highest BCUT2D eigenvalue weighted by molar-refractivity contribution is 5.76. The van der Waals surface area contributed by atoms with Crippen LogP contribution >= 0.6 is 0 Å². The minimum absolute atomic E-state index is 0.193. The lowest BCUT2D eigenvalue weighted by atomic mass is 9.99. The second-order valence-corrected chi connectivity index (χ2v) is 6.23. The van der Waals surface area contributed by atoms with Gasteiger partial charge in [0.25, 0.3) is 0 Å². The monoisotopic (exact) mass is 342 g/mol. The first-order chi connectivity index (χ1) is 12.1. The summed E-state index contributed by atoms with van der Waals surface area (Å²) in [6, 6.07) is 9.64. The van der Waals surface area contributed by atoms with Crippen molar-refractivity contribution < 1.29 is 14.7 Å². The van der Waals surface area contributed by atoms with Crippen LogP contribution in [-0.2, 0) is 11.2 Å². The minimum atomic E-state index is -0.828. The highest BCUT2D eigenvalue weighted by Crippen LogP contribution is 2.16. The lowest BCUT2D eigenvalue weighted by Gasteiger charge is -2.30. The summed E-state index contributed by atoms with van der Waals surface area (Å²) in [5.41, 5.74) is 2.03. The van der Waals surface area contributed by atoms with Gasteiger partial charge in [-0.15, -0.1) is 0 Å². The Hall–Kier alpha value is -2.83. The summed E-state index contributed by atoms with van der Waals surface area (Å²) in [6.45, 7) is 1.39. The number of para-hydroxylation sites is 1. The number of hydrogen-bond donors (Lipinski definition) is 2. The van der Waals surface area contributed by atoms with Crippen molar-refractivity contribution in [3.8, 4) is 5.69 Å². The molecule has 1 aromatic carbocycles. The van der Waals surface area contributed by atoms with E-state index in [0.717, 1.165) is 17.7 Å². The number of aromatic nitrogens is 2. The van der Waals surface area contributed by atoms with Gasteiger partial charge in [0, 0.05) is 25.8 Å². The van der Waals surface area contributed by atoms with Crippen molar-refractivity contribution in [3.05, 3.63) is 48.3 Å². The molecule has 7 heteroatoms. The number of aliphatic carboxylic acids is 1. The molecule has 2 heterocycles. The number of benzene rings is 1. The van der Waals surface area contributed by atoms with Crippen LogP contribution < -0.4 is 5.32 Å². The summed E-state index contributed by atoms with van der Waals surface area (Å²) in [5.74, 6) is -1.28. The van der Waals surface area contributed by atoms with Crippen molar-refractivity contribution in [1.29, 1.82) is 0 Å². The Balaban J connectivity index is 1.47. The third kappa shape index (κ3) is 4.37. The Labute approximate surface area is 146 Å². The van der Waals surface area contributed by atoms with E-state index in [1.165, 1.54) is 0 Å². The van der Waals surface area contributed by atoms with E-state index in [-0.39, 0.29) is 12.6 Å². The van der Waals surface area contributed by atoms with Gasteiger partial charge in [-0.1, -0.05) is 18.2 Å². The van der Waals surface area contributed by atoms with Gasteiger partial charge in [-0.3, -0.25) is 4.79 Å². The number of hydrogen-bond acceptors (Lipinski definition) is 3. The van der Waals surface area contributed by atoms with Gasteiger partial charge in [0.05, 0.1) is 17.8 Å². The second kappa shape index (κ2) is 7.83. The Morgan fingerprint density at radius 3 is 2.84 bits per heavy atom. The van der Waals surface area contributed by atoms with Gasteiger partial charge in [0.1, 0.15) is 0 Å². The molecule has 0 radical (unpaired) electrons. The molecule has 0 saturated carbocycles. The molecule has 1 saturated heterocycles. The number of nitrogens with zero attached hydrogens (tertiary/aromatic N) is 3. The summed E-state index contributed by atoms with van der Waals surface area (Å²) < 4.78 is 1.80. The maximum Gasteiger partial charge on any atom is 0.317 e. The van der Waals surface area contributed by atoms with Gasteiger partial charge in [0.15, 0.2) is 0 Å². The summed E-state index contributed by atoms with van der Waals surface area (Å²) in [7, 11) is 0. The van der Waals surface area contributed by atoms with Crippen LogP contribution in [0.5, 0.6) is 0 Å². The molecule has 1 aliphatic rings. The van der Waals surface area contributed by atoms with E-state index in [1.54, 1.807) is 15.8 Å². The molecule has 1 aromatic heterocycles. The van der Waals surface area contributed by atoms with Crippen molar-refractivity contribution in [2.75, 3.05) is 19.6 Å². The lowest BCUT2D eigenvalue weighted by Crippen LogP contribution is -2.47. The Morgan fingerprint density at radius 1 is 1.28 bits per heavy atom. The van der Waals surface area contributed by atoms with Gasteiger partial charge in [-0.05, 0) is 37.0 Å². The van der Waals surface area contributed by atoms with E-state index < -0.39 is 11.9 Å². The van der Waals surface area contributed by atoms with Crippen molar-refractivity contribution in [2.24, 2.45) is 5.92 Å². The topological polar surface area (TPSA) is 87.5 Å². The maximum atomic E-state index is 12.2. The highest BCUT2D eigenvalue weighted by atomic mass is 16.4. The zero-order chi connectivity index (χ0) is 17.6. The molecule has 7 nitrogen and oxygen atoms in total. The van der Waals surface area contributed by atoms with Crippen molar-refractivity contribution in [2.45, 2.75) is 19.3 Å². The van der Waals surface area contributed by atoms with E-state index >= 15 is 0 Å². The minimum Gasteiger partial charge on any atom is -0.481 e. The van der Waals surface area contributed by atoms with Gasteiger partial charge in [0.2, 0.25) is 0 Å². The van der Waals surface area contributed by atoms with Crippen LogP contribution in [0.1, 0.15) is 18.4 Å². The molecular formula is C18H22N4O3. The molecular weight excluding hydrogens is 320 g/mol. The van der Waals surface area contributed by atoms with E-state index in [4.69, 9.17) is 5.11 Å².